The van der Waals surface area contributed by atoms with E-state index in [2.05, 4.69) is 20.5 Å². The number of nitrogens with zero attached hydrogens (tertiary/aromatic N) is 1. The van der Waals surface area contributed by atoms with Crippen LogP contribution in [0.1, 0.15) is 23.8 Å². The molecule has 2 amide bonds. The first-order chi connectivity index (χ1) is 11.5. The van der Waals surface area contributed by atoms with Crippen molar-refractivity contribution in [3.05, 3.63) is 41.7 Å². The molecule has 24 heavy (non-hydrogen) atoms. The number of nitrogens with one attached hydrogen (secondary N) is 2. The fourth-order valence-electron chi connectivity index (χ4n) is 2.07. The summed E-state index contributed by atoms with van der Waals surface area (Å²) < 4.78 is 14.7. The minimum Gasteiger partial charge on any atom is -0.497 e. The van der Waals surface area contributed by atoms with Crippen molar-refractivity contribution < 1.29 is 23.6 Å². The van der Waals surface area contributed by atoms with Crippen LogP contribution in [0.3, 0.4) is 0 Å². The molecule has 0 fully saturated rings. The Kier molecular flexibility index (Phi) is 5.78. The van der Waals surface area contributed by atoms with Gasteiger partial charge in [0.15, 0.2) is 5.82 Å². The highest BCUT2D eigenvalue weighted by Crippen LogP contribution is 2.21. The van der Waals surface area contributed by atoms with Gasteiger partial charge in [-0.25, -0.2) is 4.79 Å². The molecule has 2 rings (SSSR count). The number of hydrogen-bond acceptors (Lipinski definition) is 6. The Morgan fingerprint density at radius 2 is 1.96 bits per heavy atom. The Balaban J connectivity index is 2.09. The van der Waals surface area contributed by atoms with Crippen LogP contribution in [0.4, 0.5) is 10.6 Å². The van der Waals surface area contributed by atoms with Gasteiger partial charge in [0.05, 0.1) is 26.7 Å². The van der Waals surface area contributed by atoms with Crippen LogP contribution in [0.25, 0.3) is 0 Å². The van der Waals surface area contributed by atoms with E-state index in [0.29, 0.717) is 11.5 Å². The Hall–Kier alpha value is -3.03. The van der Waals surface area contributed by atoms with Crippen molar-refractivity contribution in [2.24, 2.45) is 0 Å². The van der Waals surface area contributed by atoms with E-state index in [1.807, 2.05) is 0 Å². The van der Waals surface area contributed by atoms with Gasteiger partial charge < -0.3 is 19.3 Å². The first-order valence-corrected chi connectivity index (χ1v) is 7.23. The molecule has 8 heteroatoms. The zero-order chi connectivity index (χ0) is 17.5. The summed E-state index contributed by atoms with van der Waals surface area (Å²) in [4.78, 5) is 23.7. The average molecular weight is 333 g/mol. The minimum atomic E-state index is -0.559. The number of rotatable bonds is 6. The monoisotopic (exact) mass is 333 g/mol. The van der Waals surface area contributed by atoms with E-state index in [4.69, 9.17) is 9.26 Å². The standard InChI is InChI=1S/C16H19N3O5/c1-10-8-14(19-24-10)18-16(21)17-13(9-15(20)23-3)11-4-6-12(22-2)7-5-11/h4-8,13H,9H2,1-3H3,(H2,17,18,19,21). The van der Waals surface area contributed by atoms with Gasteiger partial charge in [-0.05, 0) is 24.6 Å². The smallest absolute Gasteiger partial charge is 0.320 e. The van der Waals surface area contributed by atoms with Crippen LogP contribution < -0.4 is 15.4 Å². The summed E-state index contributed by atoms with van der Waals surface area (Å²) in [7, 11) is 2.86. The summed E-state index contributed by atoms with van der Waals surface area (Å²) in [5.74, 6) is 1.11. The second kappa shape index (κ2) is 8.00. The van der Waals surface area contributed by atoms with E-state index in [0.717, 1.165) is 5.56 Å². The molecule has 0 bridgehead atoms. The zero-order valence-corrected chi connectivity index (χ0v) is 13.7. The fraction of sp³-hybridized carbons (Fsp3) is 0.312. The summed E-state index contributed by atoms with van der Waals surface area (Å²) in [6.45, 7) is 1.72. The van der Waals surface area contributed by atoms with Crippen LogP contribution in [0.5, 0.6) is 5.75 Å². The molecule has 1 unspecified atom stereocenters. The molecule has 0 aliphatic heterocycles. The van der Waals surface area contributed by atoms with Crippen molar-refractivity contribution in [1.82, 2.24) is 10.5 Å². The van der Waals surface area contributed by atoms with Gasteiger partial charge in [-0.15, -0.1) is 0 Å². The highest BCUT2D eigenvalue weighted by molar-refractivity contribution is 5.88. The van der Waals surface area contributed by atoms with E-state index in [1.54, 1.807) is 44.4 Å². The van der Waals surface area contributed by atoms with Crippen LogP contribution in [0.2, 0.25) is 0 Å². The van der Waals surface area contributed by atoms with Crippen molar-refractivity contribution >= 4 is 17.8 Å². The number of aryl methyl sites for hydroxylation is 1. The molecule has 1 heterocycles. The Bertz CT molecular complexity index is 696. The molecule has 0 radical (unpaired) electrons. The minimum absolute atomic E-state index is 0.00586. The predicted molar refractivity (Wildman–Crippen MR) is 85.8 cm³/mol. The Morgan fingerprint density at radius 1 is 1.25 bits per heavy atom. The Labute approximate surface area is 139 Å². The number of benzene rings is 1. The SMILES string of the molecule is COC(=O)CC(NC(=O)Nc1cc(C)on1)c1ccc(OC)cc1. The summed E-state index contributed by atoms with van der Waals surface area (Å²) in [5.41, 5.74) is 0.743. The van der Waals surface area contributed by atoms with Gasteiger partial charge in [0.1, 0.15) is 11.5 Å². The third kappa shape index (κ3) is 4.73. The summed E-state index contributed by atoms with van der Waals surface area (Å²) in [6.07, 6.45) is -0.00586. The van der Waals surface area contributed by atoms with Gasteiger partial charge in [0.2, 0.25) is 0 Å². The third-order valence-electron chi connectivity index (χ3n) is 3.29. The maximum atomic E-state index is 12.1. The topological polar surface area (TPSA) is 103 Å². The number of anilines is 1. The molecular weight excluding hydrogens is 314 g/mol. The van der Waals surface area contributed by atoms with Gasteiger partial charge in [0, 0.05) is 6.07 Å². The number of hydrogen-bond donors (Lipinski definition) is 2. The van der Waals surface area contributed by atoms with E-state index in [1.165, 1.54) is 7.11 Å². The first-order valence-electron chi connectivity index (χ1n) is 7.23. The molecule has 0 aliphatic rings. The first kappa shape index (κ1) is 17.3. The summed E-state index contributed by atoms with van der Waals surface area (Å²) in [5, 5.41) is 8.95. The maximum absolute atomic E-state index is 12.1. The van der Waals surface area contributed by atoms with Gasteiger partial charge in [-0.3, -0.25) is 10.1 Å². The molecule has 0 saturated carbocycles. The number of carbonyl (C=O) groups is 2. The lowest BCUT2D eigenvalue weighted by Crippen LogP contribution is -2.34. The fourth-order valence-corrected chi connectivity index (χ4v) is 2.07. The van der Waals surface area contributed by atoms with Gasteiger partial charge in [-0.1, -0.05) is 17.3 Å². The molecule has 0 saturated heterocycles. The largest absolute Gasteiger partial charge is 0.497 e. The summed E-state index contributed by atoms with van der Waals surface area (Å²) in [6, 6.07) is 7.56. The van der Waals surface area contributed by atoms with Crippen LogP contribution in [-0.2, 0) is 9.53 Å². The van der Waals surface area contributed by atoms with Crippen LogP contribution >= 0.6 is 0 Å². The molecule has 1 aromatic heterocycles. The Morgan fingerprint density at radius 3 is 2.50 bits per heavy atom. The second-order valence-electron chi connectivity index (χ2n) is 5.03. The van der Waals surface area contributed by atoms with E-state index >= 15 is 0 Å². The summed E-state index contributed by atoms with van der Waals surface area (Å²) >= 11 is 0. The van der Waals surface area contributed by atoms with Crippen LogP contribution in [0, 0.1) is 6.92 Å². The van der Waals surface area contributed by atoms with Gasteiger partial charge >= 0.3 is 12.0 Å². The molecule has 0 aliphatic carbocycles. The number of urea groups is 1. The molecule has 8 nitrogen and oxygen atoms in total. The highest BCUT2D eigenvalue weighted by Gasteiger charge is 2.19. The third-order valence-corrected chi connectivity index (χ3v) is 3.29. The lowest BCUT2D eigenvalue weighted by atomic mass is 10.0. The molecule has 0 spiro atoms. The van der Waals surface area contributed by atoms with Crippen molar-refractivity contribution in [2.75, 3.05) is 19.5 Å². The van der Waals surface area contributed by atoms with Crippen molar-refractivity contribution in [3.8, 4) is 5.75 Å². The zero-order valence-electron chi connectivity index (χ0n) is 13.7. The lowest BCUT2D eigenvalue weighted by Gasteiger charge is -2.18. The lowest BCUT2D eigenvalue weighted by molar-refractivity contribution is -0.141. The molecule has 1 atom stereocenters. The average Bonchev–Trinajstić information content (AvgIpc) is 2.98. The van der Waals surface area contributed by atoms with Crippen LogP contribution in [-0.4, -0.2) is 31.4 Å². The predicted octanol–water partition coefficient (Wildman–Crippen LogP) is 2.42. The number of esters is 1. The normalized spacial score (nSPS) is 11.5. The molecule has 2 aromatic rings. The van der Waals surface area contributed by atoms with Gasteiger partial charge in [-0.2, -0.15) is 0 Å². The number of ether oxygens (including phenoxy) is 2. The van der Waals surface area contributed by atoms with Gasteiger partial charge in [0.25, 0.3) is 0 Å². The van der Waals surface area contributed by atoms with E-state index < -0.39 is 18.0 Å². The number of carbonyl (C=O) groups excluding carboxylic acids is 2. The quantitative estimate of drug-likeness (QED) is 0.787. The highest BCUT2D eigenvalue weighted by atomic mass is 16.5. The second-order valence-corrected chi connectivity index (χ2v) is 5.03. The van der Waals surface area contributed by atoms with Crippen molar-refractivity contribution in [3.63, 3.8) is 0 Å². The van der Waals surface area contributed by atoms with Crippen molar-refractivity contribution in [2.45, 2.75) is 19.4 Å². The number of methoxy groups -OCH3 is 2. The molecule has 1 aromatic carbocycles. The van der Waals surface area contributed by atoms with E-state index in [-0.39, 0.29) is 12.2 Å². The molecule has 128 valence electrons. The maximum Gasteiger partial charge on any atom is 0.320 e. The van der Waals surface area contributed by atoms with Crippen LogP contribution in [0.15, 0.2) is 34.9 Å². The van der Waals surface area contributed by atoms with E-state index in [9.17, 15) is 9.59 Å². The number of aromatic nitrogens is 1. The number of amides is 2. The van der Waals surface area contributed by atoms with Crippen molar-refractivity contribution in [1.29, 1.82) is 0 Å². The molecular formula is C16H19N3O5. The molecule has 2 N–H and O–H groups in total.